The number of carboxylic acids is 1. The molecule has 0 saturated carbocycles. The highest BCUT2D eigenvalue weighted by molar-refractivity contribution is 6.01. The van der Waals surface area contributed by atoms with Crippen molar-refractivity contribution in [2.75, 3.05) is 21.0 Å². The van der Waals surface area contributed by atoms with Crippen LogP contribution in [0.4, 0.5) is 0 Å². The van der Waals surface area contributed by atoms with Crippen LogP contribution < -0.4 is 9.47 Å². The summed E-state index contributed by atoms with van der Waals surface area (Å²) in [5.41, 5.74) is 1.89. The van der Waals surface area contributed by atoms with Crippen LogP contribution in [0.2, 0.25) is 0 Å². The summed E-state index contributed by atoms with van der Waals surface area (Å²) in [5.74, 6) is 0.130. The number of carbonyl (C=O) groups is 1. The van der Waals surface area contributed by atoms with Crippen molar-refractivity contribution in [3.8, 4) is 11.5 Å². The van der Waals surface area contributed by atoms with E-state index in [1.54, 1.807) is 26.4 Å². The number of benzene rings is 2. The quantitative estimate of drug-likeness (QED) is 0.625. The normalized spacial score (nSPS) is 11.1. The molecular formula is C18H20O5. The minimum absolute atomic E-state index is 0.103. The minimum atomic E-state index is -0.995. The van der Waals surface area contributed by atoms with Crippen LogP contribution in [0, 0.1) is 0 Å². The highest BCUT2D eigenvalue weighted by Gasteiger charge is 2.15. The summed E-state index contributed by atoms with van der Waals surface area (Å²) in [7, 11) is 3.10. The van der Waals surface area contributed by atoms with E-state index in [0.717, 1.165) is 34.4 Å². The molecule has 0 amide bonds. The van der Waals surface area contributed by atoms with Gasteiger partial charge in [-0.15, -0.1) is 0 Å². The average Bonchev–Trinajstić information content (AvgIpc) is 2.57. The van der Waals surface area contributed by atoms with Crippen LogP contribution in [0.1, 0.15) is 18.1 Å². The third-order valence-electron chi connectivity index (χ3n) is 3.52. The van der Waals surface area contributed by atoms with Crippen molar-refractivity contribution in [2.24, 2.45) is 0 Å². The summed E-state index contributed by atoms with van der Waals surface area (Å²) in [6.07, 6.45) is 3.52. The van der Waals surface area contributed by atoms with Crippen molar-refractivity contribution in [2.45, 2.75) is 13.3 Å². The van der Waals surface area contributed by atoms with Gasteiger partial charge in [0.2, 0.25) is 0 Å². The number of rotatable bonds is 7. The van der Waals surface area contributed by atoms with Crippen molar-refractivity contribution >= 4 is 22.8 Å². The zero-order chi connectivity index (χ0) is 16.8. The first-order chi connectivity index (χ1) is 11.1. The van der Waals surface area contributed by atoms with Gasteiger partial charge < -0.3 is 19.3 Å². The Morgan fingerprint density at radius 1 is 1.30 bits per heavy atom. The number of ether oxygens (including phenoxy) is 3. The summed E-state index contributed by atoms with van der Waals surface area (Å²) in [6.45, 7) is 2.16. The number of aryl methyl sites for hydroxylation is 1. The maximum Gasteiger partial charge on any atom is 0.328 e. The molecule has 122 valence electrons. The zero-order valence-electron chi connectivity index (χ0n) is 13.5. The molecule has 2 aromatic rings. The van der Waals surface area contributed by atoms with Gasteiger partial charge in [-0.05, 0) is 35.1 Å². The lowest BCUT2D eigenvalue weighted by atomic mass is 9.96. The van der Waals surface area contributed by atoms with Crippen LogP contribution in [-0.4, -0.2) is 32.1 Å². The lowest BCUT2D eigenvalue weighted by Crippen LogP contribution is -2.03. The Labute approximate surface area is 135 Å². The first-order valence-corrected chi connectivity index (χ1v) is 7.27. The summed E-state index contributed by atoms with van der Waals surface area (Å²) < 4.78 is 16.1. The average molecular weight is 316 g/mol. The molecule has 2 rings (SSSR count). The van der Waals surface area contributed by atoms with Crippen LogP contribution in [-0.2, 0) is 16.0 Å². The highest BCUT2D eigenvalue weighted by Crippen LogP contribution is 2.40. The molecule has 0 spiro atoms. The molecular weight excluding hydrogens is 296 g/mol. The molecule has 5 nitrogen and oxygen atoms in total. The van der Waals surface area contributed by atoms with Crippen LogP contribution >= 0.6 is 0 Å². The van der Waals surface area contributed by atoms with E-state index in [1.165, 1.54) is 0 Å². The Hall–Kier alpha value is -2.53. The summed E-state index contributed by atoms with van der Waals surface area (Å²) in [4.78, 5) is 10.9. The van der Waals surface area contributed by atoms with Gasteiger partial charge in [-0.3, -0.25) is 0 Å². The van der Waals surface area contributed by atoms with Crippen LogP contribution in [0.25, 0.3) is 16.8 Å². The number of aliphatic carboxylic acids is 1. The fourth-order valence-electron chi connectivity index (χ4n) is 2.55. The van der Waals surface area contributed by atoms with Gasteiger partial charge >= 0.3 is 5.97 Å². The number of hydrogen-bond donors (Lipinski definition) is 1. The molecule has 0 fully saturated rings. The van der Waals surface area contributed by atoms with Gasteiger partial charge in [0, 0.05) is 18.6 Å². The lowest BCUT2D eigenvalue weighted by molar-refractivity contribution is -0.131. The molecule has 0 saturated heterocycles. The second-order valence-corrected chi connectivity index (χ2v) is 4.91. The molecule has 1 N–H and O–H groups in total. The molecule has 0 heterocycles. The van der Waals surface area contributed by atoms with Crippen molar-refractivity contribution in [1.82, 2.24) is 0 Å². The number of hydrogen-bond acceptors (Lipinski definition) is 4. The topological polar surface area (TPSA) is 65.0 Å². The molecule has 0 aliphatic carbocycles. The van der Waals surface area contributed by atoms with Crippen molar-refractivity contribution in [3.05, 3.63) is 41.5 Å². The molecule has 0 bridgehead atoms. The number of methoxy groups -OCH3 is 2. The standard InChI is InChI=1S/C18H20O5/c1-4-12-6-5-7-14-17(12)13(8-9-16(19)20)10-15(22-3)18(14)23-11-21-2/h5-10H,4,11H2,1-3H3,(H,19,20)/b9-8-. The number of fused-ring (bicyclic) bond motifs is 1. The fourth-order valence-corrected chi connectivity index (χ4v) is 2.55. The monoisotopic (exact) mass is 316 g/mol. The van der Waals surface area contributed by atoms with Gasteiger partial charge in [-0.2, -0.15) is 0 Å². The zero-order valence-corrected chi connectivity index (χ0v) is 13.5. The fraction of sp³-hybridized carbons (Fsp3) is 0.278. The van der Waals surface area contributed by atoms with Crippen LogP contribution in [0.15, 0.2) is 30.3 Å². The highest BCUT2D eigenvalue weighted by atomic mass is 16.7. The summed E-state index contributed by atoms with van der Waals surface area (Å²) in [5, 5.41) is 10.7. The van der Waals surface area contributed by atoms with Gasteiger partial charge in [-0.1, -0.05) is 25.1 Å². The van der Waals surface area contributed by atoms with E-state index in [9.17, 15) is 4.79 Å². The first-order valence-electron chi connectivity index (χ1n) is 7.27. The van der Waals surface area contributed by atoms with Gasteiger partial charge in [0.05, 0.1) is 7.11 Å². The van der Waals surface area contributed by atoms with Gasteiger partial charge in [0.1, 0.15) is 0 Å². The summed E-state index contributed by atoms with van der Waals surface area (Å²) >= 11 is 0. The van der Waals surface area contributed by atoms with E-state index in [-0.39, 0.29) is 6.79 Å². The Balaban J connectivity index is 2.77. The second kappa shape index (κ2) is 7.65. The van der Waals surface area contributed by atoms with E-state index >= 15 is 0 Å². The lowest BCUT2D eigenvalue weighted by Gasteiger charge is -2.17. The predicted octanol–water partition coefficient (Wildman–Crippen LogP) is 3.49. The van der Waals surface area contributed by atoms with Gasteiger partial charge in [0.15, 0.2) is 18.3 Å². The molecule has 0 unspecified atom stereocenters. The van der Waals surface area contributed by atoms with E-state index in [4.69, 9.17) is 19.3 Å². The first kappa shape index (κ1) is 16.8. The van der Waals surface area contributed by atoms with Gasteiger partial charge in [0.25, 0.3) is 0 Å². The molecule has 0 atom stereocenters. The van der Waals surface area contributed by atoms with Crippen LogP contribution in [0.5, 0.6) is 11.5 Å². The maximum absolute atomic E-state index is 10.9. The van der Waals surface area contributed by atoms with Crippen LogP contribution in [0.3, 0.4) is 0 Å². The predicted molar refractivity (Wildman–Crippen MR) is 89.1 cm³/mol. The van der Waals surface area contributed by atoms with Gasteiger partial charge in [-0.25, -0.2) is 4.79 Å². The molecule has 5 heteroatoms. The molecule has 2 aromatic carbocycles. The molecule has 0 radical (unpaired) electrons. The largest absolute Gasteiger partial charge is 0.493 e. The SMILES string of the molecule is CCc1cccc2c(OCOC)c(OC)cc(/C=C\C(=O)O)c12. The van der Waals surface area contributed by atoms with Crippen molar-refractivity contribution < 1.29 is 24.1 Å². The Kier molecular flexibility index (Phi) is 5.60. The van der Waals surface area contributed by atoms with E-state index in [0.29, 0.717) is 11.5 Å². The molecule has 23 heavy (non-hydrogen) atoms. The van der Waals surface area contributed by atoms with E-state index < -0.39 is 5.97 Å². The molecule has 0 aliphatic rings. The number of carboxylic acid groups (broad SMARTS) is 1. The third-order valence-corrected chi connectivity index (χ3v) is 3.52. The minimum Gasteiger partial charge on any atom is -0.493 e. The summed E-state index contributed by atoms with van der Waals surface area (Å²) in [6, 6.07) is 7.68. The Bertz CT molecular complexity index is 734. The van der Waals surface area contributed by atoms with E-state index in [1.807, 2.05) is 18.2 Å². The second-order valence-electron chi connectivity index (χ2n) is 4.91. The molecule has 0 aliphatic heterocycles. The van der Waals surface area contributed by atoms with Crippen molar-refractivity contribution in [1.29, 1.82) is 0 Å². The maximum atomic E-state index is 10.9. The third kappa shape index (κ3) is 3.63. The van der Waals surface area contributed by atoms with Crippen molar-refractivity contribution in [3.63, 3.8) is 0 Å². The van der Waals surface area contributed by atoms with E-state index in [2.05, 4.69) is 6.92 Å². The molecule has 0 aromatic heterocycles. The Morgan fingerprint density at radius 3 is 2.70 bits per heavy atom. The Morgan fingerprint density at radius 2 is 2.09 bits per heavy atom. The smallest absolute Gasteiger partial charge is 0.328 e.